The minimum atomic E-state index is 0.600. The number of hydrogen-bond acceptors (Lipinski definition) is 3. The zero-order valence-corrected chi connectivity index (χ0v) is 12.6. The van der Waals surface area contributed by atoms with Crippen molar-refractivity contribution in [2.75, 3.05) is 32.0 Å². The molecule has 2 aromatic carbocycles. The number of nitrogens with zero attached hydrogens (tertiary/aromatic N) is 1. The topological polar surface area (TPSA) is 38.5 Å². The minimum Gasteiger partial charge on any atom is -0.398 e. The van der Waals surface area contributed by atoms with Crippen LogP contribution in [0.2, 0.25) is 5.02 Å². The van der Waals surface area contributed by atoms with Gasteiger partial charge in [-0.1, -0.05) is 41.9 Å². The molecule has 0 unspecified atom stereocenters. The van der Waals surface area contributed by atoms with Crippen LogP contribution in [0.3, 0.4) is 0 Å². The molecule has 0 atom stereocenters. The van der Waals surface area contributed by atoms with E-state index in [2.05, 4.69) is 29.2 Å². The first-order chi connectivity index (χ1) is 10.2. The Morgan fingerprint density at radius 1 is 1.00 bits per heavy atom. The quantitative estimate of drug-likeness (QED) is 0.883. The number of nitrogen functional groups attached to an aromatic ring is 1. The van der Waals surface area contributed by atoms with Crippen LogP contribution < -0.4 is 5.73 Å². The van der Waals surface area contributed by atoms with E-state index in [1.165, 1.54) is 5.56 Å². The molecule has 2 N–H and O–H groups in total. The Bertz CT molecular complexity index is 607. The summed E-state index contributed by atoms with van der Waals surface area (Å²) in [4.78, 5) is 2.42. The van der Waals surface area contributed by atoms with E-state index in [-0.39, 0.29) is 0 Å². The lowest BCUT2D eigenvalue weighted by Gasteiger charge is -2.26. The first-order valence-electron chi connectivity index (χ1n) is 7.17. The Balaban J connectivity index is 1.72. The molecule has 1 heterocycles. The van der Waals surface area contributed by atoms with Crippen molar-refractivity contribution in [3.8, 4) is 11.1 Å². The average molecular weight is 303 g/mol. The second-order valence-electron chi connectivity index (χ2n) is 5.32. The van der Waals surface area contributed by atoms with Crippen LogP contribution in [0.4, 0.5) is 5.69 Å². The van der Waals surface area contributed by atoms with Crippen LogP contribution in [0.25, 0.3) is 11.1 Å². The molecule has 1 aliphatic heterocycles. The van der Waals surface area contributed by atoms with Crippen LogP contribution >= 0.6 is 11.6 Å². The fourth-order valence-corrected chi connectivity index (χ4v) is 2.66. The van der Waals surface area contributed by atoms with Crippen LogP contribution in [0.5, 0.6) is 0 Å². The highest BCUT2D eigenvalue weighted by atomic mass is 35.5. The summed E-state index contributed by atoms with van der Waals surface area (Å²) in [5.41, 5.74) is 10.0. The Morgan fingerprint density at radius 3 is 2.33 bits per heavy atom. The molecule has 0 amide bonds. The van der Waals surface area contributed by atoms with Gasteiger partial charge in [-0.25, -0.2) is 0 Å². The first-order valence-corrected chi connectivity index (χ1v) is 7.54. The second-order valence-corrected chi connectivity index (χ2v) is 5.73. The van der Waals surface area contributed by atoms with Crippen LogP contribution in [-0.2, 0) is 11.3 Å². The molecule has 4 heteroatoms. The average Bonchev–Trinajstić information content (AvgIpc) is 2.52. The SMILES string of the molecule is Nc1cc(-c2ccc(CN3CCOCC3)cc2)ccc1Cl. The van der Waals surface area contributed by atoms with Crippen LogP contribution in [0, 0.1) is 0 Å². The van der Waals surface area contributed by atoms with E-state index in [0.717, 1.165) is 44.0 Å². The third kappa shape index (κ3) is 3.56. The van der Waals surface area contributed by atoms with Crippen molar-refractivity contribution < 1.29 is 4.74 Å². The molecule has 1 saturated heterocycles. The van der Waals surface area contributed by atoms with E-state index in [9.17, 15) is 0 Å². The Morgan fingerprint density at radius 2 is 1.67 bits per heavy atom. The van der Waals surface area contributed by atoms with Gasteiger partial charge in [0.15, 0.2) is 0 Å². The highest BCUT2D eigenvalue weighted by Gasteiger charge is 2.10. The number of anilines is 1. The predicted molar refractivity (Wildman–Crippen MR) is 87.4 cm³/mol. The van der Waals surface area contributed by atoms with Crippen LogP contribution in [0.15, 0.2) is 42.5 Å². The van der Waals surface area contributed by atoms with E-state index in [1.54, 1.807) is 0 Å². The fraction of sp³-hybridized carbons (Fsp3) is 0.294. The highest BCUT2D eigenvalue weighted by Crippen LogP contribution is 2.27. The number of benzene rings is 2. The van der Waals surface area contributed by atoms with Gasteiger partial charge in [0.25, 0.3) is 0 Å². The van der Waals surface area contributed by atoms with E-state index in [1.807, 2.05) is 18.2 Å². The molecule has 3 rings (SSSR count). The zero-order valence-electron chi connectivity index (χ0n) is 11.9. The fourth-order valence-electron chi connectivity index (χ4n) is 2.54. The van der Waals surface area contributed by atoms with Crippen molar-refractivity contribution >= 4 is 17.3 Å². The smallest absolute Gasteiger partial charge is 0.0635 e. The van der Waals surface area contributed by atoms with Crippen LogP contribution in [-0.4, -0.2) is 31.2 Å². The molecule has 0 radical (unpaired) electrons. The summed E-state index contributed by atoms with van der Waals surface area (Å²) in [7, 11) is 0. The van der Waals surface area contributed by atoms with Gasteiger partial charge in [-0.3, -0.25) is 4.90 Å². The number of nitrogens with two attached hydrogens (primary N) is 1. The number of rotatable bonds is 3. The summed E-state index contributed by atoms with van der Waals surface area (Å²) in [6, 6.07) is 14.4. The highest BCUT2D eigenvalue weighted by molar-refractivity contribution is 6.33. The molecular weight excluding hydrogens is 284 g/mol. The lowest BCUT2D eigenvalue weighted by atomic mass is 10.0. The standard InChI is InChI=1S/C17H19ClN2O/c18-16-6-5-15(11-17(16)19)14-3-1-13(2-4-14)12-20-7-9-21-10-8-20/h1-6,11H,7-10,12,19H2. The molecule has 1 fully saturated rings. The number of hydrogen-bond donors (Lipinski definition) is 1. The molecule has 0 aromatic heterocycles. The molecule has 1 aliphatic rings. The Hall–Kier alpha value is -1.55. The molecule has 110 valence electrons. The number of ether oxygens (including phenoxy) is 1. The molecule has 0 aliphatic carbocycles. The van der Waals surface area contributed by atoms with Crippen molar-refractivity contribution in [3.05, 3.63) is 53.1 Å². The predicted octanol–water partition coefficient (Wildman–Crippen LogP) is 3.42. The first kappa shape index (κ1) is 14.4. The maximum Gasteiger partial charge on any atom is 0.0635 e. The maximum atomic E-state index is 5.96. The van der Waals surface area contributed by atoms with Gasteiger partial charge in [-0.2, -0.15) is 0 Å². The third-order valence-electron chi connectivity index (χ3n) is 3.79. The van der Waals surface area contributed by atoms with E-state index in [4.69, 9.17) is 22.1 Å². The zero-order chi connectivity index (χ0) is 14.7. The lowest BCUT2D eigenvalue weighted by Crippen LogP contribution is -2.35. The van der Waals surface area contributed by atoms with E-state index < -0.39 is 0 Å². The molecular formula is C17H19ClN2O. The van der Waals surface area contributed by atoms with E-state index in [0.29, 0.717) is 10.7 Å². The normalized spacial score (nSPS) is 16.0. The Kier molecular flexibility index (Phi) is 4.44. The summed E-state index contributed by atoms with van der Waals surface area (Å²) in [6.45, 7) is 4.67. The van der Waals surface area contributed by atoms with Gasteiger partial charge >= 0.3 is 0 Å². The van der Waals surface area contributed by atoms with Gasteiger partial charge < -0.3 is 10.5 Å². The summed E-state index contributed by atoms with van der Waals surface area (Å²) in [5, 5.41) is 0.600. The largest absolute Gasteiger partial charge is 0.398 e. The van der Waals surface area contributed by atoms with Gasteiger partial charge in [0.1, 0.15) is 0 Å². The minimum absolute atomic E-state index is 0.600. The van der Waals surface area contributed by atoms with Crippen molar-refractivity contribution in [1.29, 1.82) is 0 Å². The lowest BCUT2D eigenvalue weighted by molar-refractivity contribution is 0.0342. The van der Waals surface area contributed by atoms with Crippen molar-refractivity contribution in [2.45, 2.75) is 6.54 Å². The molecule has 3 nitrogen and oxygen atoms in total. The summed E-state index contributed by atoms with van der Waals surface area (Å²) < 4.78 is 5.37. The van der Waals surface area contributed by atoms with Gasteiger partial charge in [0.05, 0.1) is 23.9 Å². The van der Waals surface area contributed by atoms with Crippen LogP contribution in [0.1, 0.15) is 5.56 Å². The number of halogens is 1. The molecule has 0 bridgehead atoms. The molecule has 2 aromatic rings. The van der Waals surface area contributed by atoms with Crippen molar-refractivity contribution in [1.82, 2.24) is 4.90 Å². The number of morpholine rings is 1. The van der Waals surface area contributed by atoms with Crippen molar-refractivity contribution in [2.24, 2.45) is 0 Å². The summed E-state index contributed by atoms with van der Waals surface area (Å²) in [6.07, 6.45) is 0. The Labute approximate surface area is 130 Å². The van der Waals surface area contributed by atoms with E-state index >= 15 is 0 Å². The monoisotopic (exact) mass is 302 g/mol. The molecule has 21 heavy (non-hydrogen) atoms. The van der Waals surface area contributed by atoms with Gasteiger partial charge in [0.2, 0.25) is 0 Å². The second kappa shape index (κ2) is 6.48. The molecule has 0 spiro atoms. The van der Waals surface area contributed by atoms with Gasteiger partial charge in [-0.15, -0.1) is 0 Å². The summed E-state index contributed by atoms with van der Waals surface area (Å²) >= 11 is 5.96. The molecule has 0 saturated carbocycles. The van der Waals surface area contributed by atoms with Crippen molar-refractivity contribution in [3.63, 3.8) is 0 Å². The van der Waals surface area contributed by atoms with Gasteiger partial charge in [0, 0.05) is 19.6 Å². The van der Waals surface area contributed by atoms with Gasteiger partial charge in [-0.05, 0) is 28.8 Å². The third-order valence-corrected chi connectivity index (χ3v) is 4.14. The maximum absolute atomic E-state index is 5.96. The summed E-state index contributed by atoms with van der Waals surface area (Å²) in [5.74, 6) is 0.